The van der Waals surface area contributed by atoms with Crippen LogP contribution in [0.5, 0.6) is 5.75 Å². The summed E-state index contributed by atoms with van der Waals surface area (Å²) in [6.07, 6.45) is 1.49. The van der Waals surface area contributed by atoms with Crippen LogP contribution in [0.3, 0.4) is 0 Å². The van der Waals surface area contributed by atoms with Crippen LogP contribution < -0.4 is 10.2 Å². The number of para-hydroxylation sites is 1. The Morgan fingerprint density at radius 2 is 2.16 bits per heavy atom. The number of aliphatic carboxylic acids is 1. The summed E-state index contributed by atoms with van der Waals surface area (Å²) >= 11 is 0. The molecule has 0 amide bonds. The van der Waals surface area contributed by atoms with E-state index in [4.69, 9.17) is 9.84 Å². The van der Waals surface area contributed by atoms with Crippen molar-refractivity contribution in [1.82, 2.24) is 4.57 Å². The van der Waals surface area contributed by atoms with E-state index in [0.717, 1.165) is 0 Å². The fraction of sp³-hybridized carbons (Fsp3) is 0.286. The Hall–Kier alpha value is -2.30. The molecule has 1 aromatic carbocycles. The van der Waals surface area contributed by atoms with Crippen molar-refractivity contribution in [3.8, 4) is 5.75 Å². The Morgan fingerprint density at radius 1 is 1.42 bits per heavy atom. The fourth-order valence-electron chi connectivity index (χ4n) is 2.01. The van der Waals surface area contributed by atoms with Gasteiger partial charge in [0.2, 0.25) is 0 Å². The van der Waals surface area contributed by atoms with Gasteiger partial charge in [0.25, 0.3) is 0 Å². The van der Waals surface area contributed by atoms with E-state index in [-0.39, 0.29) is 5.43 Å². The average molecular weight is 261 g/mol. The molecule has 1 aromatic heterocycles. The standard InChI is InChI=1S/C14H15NO4/c1-3-19-12-6-4-5-10-11(16)7-8-15(13(10)12)9(2)14(17)18/h4-9H,3H2,1-2H3,(H,17,18). The number of hydrogen-bond acceptors (Lipinski definition) is 3. The molecule has 0 saturated carbocycles. The van der Waals surface area contributed by atoms with Crippen LogP contribution >= 0.6 is 0 Å². The van der Waals surface area contributed by atoms with Crippen LogP contribution in [0.25, 0.3) is 10.9 Å². The average Bonchev–Trinajstić information content (AvgIpc) is 2.39. The van der Waals surface area contributed by atoms with E-state index in [9.17, 15) is 9.59 Å². The number of fused-ring (bicyclic) bond motifs is 1. The van der Waals surface area contributed by atoms with Gasteiger partial charge in [0.1, 0.15) is 11.8 Å². The fourth-order valence-corrected chi connectivity index (χ4v) is 2.01. The molecule has 1 atom stereocenters. The Balaban J connectivity index is 2.81. The molecule has 19 heavy (non-hydrogen) atoms. The van der Waals surface area contributed by atoms with Gasteiger partial charge >= 0.3 is 5.97 Å². The Kier molecular flexibility index (Phi) is 3.55. The summed E-state index contributed by atoms with van der Waals surface area (Å²) < 4.78 is 7.04. The molecule has 0 radical (unpaired) electrons. The maximum Gasteiger partial charge on any atom is 0.326 e. The van der Waals surface area contributed by atoms with Gasteiger partial charge in [-0.25, -0.2) is 4.79 Å². The predicted octanol–water partition coefficient (Wildman–Crippen LogP) is 2.05. The zero-order valence-corrected chi connectivity index (χ0v) is 10.8. The topological polar surface area (TPSA) is 68.5 Å². The smallest absolute Gasteiger partial charge is 0.326 e. The van der Waals surface area contributed by atoms with E-state index >= 15 is 0 Å². The van der Waals surface area contributed by atoms with E-state index in [1.54, 1.807) is 29.7 Å². The highest BCUT2D eigenvalue weighted by molar-refractivity contribution is 5.86. The first-order chi connectivity index (χ1) is 9.06. The Labute approximate surface area is 110 Å². The lowest BCUT2D eigenvalue weighted by atomic mass is 10.1. The third-order valence-electron chi connectivity index (χ3n) is 2.98. The molecule has 0 bridgehead atoms. The normalized spacial score (nSPS) is 12.3. The van der Waals surface area contributed by atoms with Gasteiger partial charge in [0.05, 0.1) is 12.1 Å². The first-order valence-corrected chi connectivity index (χ1v) is 6.05. The van der Waals surface area contributed by atoms with Gasteiger partial charge in [-0.05, 0) is 26.0 Å². The number of benzene rings is 1. The number of carboxylic acids is 1. The van der Waals surface area contributed by atoms with E-state index in [0.29, 0.717) is 23.3 Å². The van der Waals surface area contributed by atoms with E-state index in [1.165, 1.54) is 12.3 Å². The predicted molar refractivity (Wildman–Crippen MR) is 71.7 cm³/mol. The molecule has 1 heterocycles. The molecule has 1 unspecified atom stereocenters. The van der Waals surface area contributed by atoms with Crippen LogP contribution in [-0.4, -0.2) is 22.2 Å². The van der Waals surface area contributed by atoms with Crippen LogP contribution in [-0.2, 0) is 4.79 Å². The number of ether oxygens (including phenoxy) is 1. The van der Waals surface area contributed by atoms with Crippen LogP contribution in [0.2, 0.25) is 0 Å². The molecule has 0 fully saturated rings. The summed E-state index contributed by atoms with van der Waals surface area (Å²) in [6, 6.07) is 5.73. The van der Waals surface area contributed by atoms with Crippen molar-refractivity contribution in [3.63, 3.8) is 0 Å². The number of nitrogens with zero attached hydrogens (tertiary/aromatic N) is 1. The number of carbonyl (C=O) groups is 1. The van der Waals surface area contributed by atoms with Gasteiger partial charge < -0.3 is 14.4 Å². The van der Waals surface area contributed by atoms with Crippen molar-refractivity contribution < 1.29 is 14.6 Å². The van der Waals surface area contributed by atoms with Gasteiger partial charge in [0, 0.05) is 17.6 Å². The second-order valence-corrected chi connectivity index (χ2v) is 4.19. The minimum Gasteiger partial charge on any atom is -0.492 e. The summed E-state index contributed by atoms with van der Waals surface area (Å²) in [5.74, 6) is -0.443. The molecule has 5 nitrogen and oxygen atoms in total. The number of hydrogen-bond donors (Lipinski definition) is 1. The first kappa shape index (κ1) is 13.1. The molecule has 5 heteroatoms. The summed E-state index contributed by atoms with van der Waals surface area (Å²) in [5.41, 5.74) is 0.372. The van der Waals surface area contributed by atoms with Crippen molar-refractivity contribution in [3.05, 3.63) is 40.7 Å². The van der Waals surface area contributed by atoms with Crippen molar-refractivity contribution in [1.29, 1.82) is 0 Å². The van der Waals surface area contributed by atoms with Gasteiger partial charge in [-0.3, -0.25) is 4.79 Å². The Bertz CT molecular complexity index is 675. The number of pyridine rings is 1. The second-order valence-electron chi connectivity index (χ2n) is 4.19. The van der Waals surface area contributed by atoms with Crippen LogP contribution in [0.15, 0.2) is 35.3 Å². The molecule has 0 saturated heterocycles. The van der Waals surface area contributed by atoms with E-state index < -0.39 is 12.0 Å². The molecular weight excluding hydrogens is 246 g/mol. The Morgan fingerprint density at radius 3 is 2.79 bits per heavy atom. The maximum absolute atomic E-state index is 11.9. The lowest BCUT2D eigenvalue weighted by Gasteiger charge is -2.17. The highest BCUT2D eigenvalue weighted by Gasteiger charge is 2.17. The van der Waals surface area contributed by atoms with Crippen molar-refractivity contribution >= 4 is 16.9 Å². The summed E-state index contributed by atoms with van der Waals surface area (Å²) in [6.45, 7) is 3.85. The highest BCUT2D eigenvalue weighted by Crippen LogP contribution is 2.26. The van der Waals surface area contributed by atoms with Gasteiger partial charge in [-0.2, -0.15) is 0 Å². The van der Waals surface area contributed by atoms with Gasteiger partial charge in [-0.15, -0.1) is 0 Å². The van der Waals surface area contributed by atoms with Crippen molar-refractivity contribution in [2.45, 2.75) is 19.9 Å². The van der Waals surface area contributed by atoms with Crippen LogP contribution in [0.4, 0.5) is 0 Å². The molecule has 1 N–H and O–H groups in total. The number of aromatic nitrogens is 1. The lowest BCUT2D eigenvalue weighted by Crippen LogP contribution is -2.19. The molecular formula is C14H15NO4. The molecule has 0 aliphatic rings. The molecule has 2 rings (SSSR count). The molecule has 2 aromatic rings. The minimum absolute atomic E-state index is 0.148. The summed E-state index contributed by atoms with van der Waals surface area (Å²) in [5, 5.41) is 9.60. The van der Waals surface area contributed by atoms with Crippen LogP contribution in [0, 0.1) is 0 Å². The molecule has 0 spiro atoms. The first-order valence-electron chi connectivity index (χ1n) is 6.05. The quantitative estimate of drug-likeness (QED) is 0.914. The molecule has 0 aliphatic heterocycles. The summed E-state index contributed by atoms with van der Waals surface area (Å²) in [4.78, 5) is 23.0. The summed E-state index contributed by atoms with van der Waals surface area (Å²) in [7, 11) is 0. The zero-order chi connectivity index (χ0) is 14.0. The molecule has 0 aliphatic carbocycles. The highest BCUT2D eigenvalue weighted by atomic mass is 16.5. The third-order valence-corrected chi connectivity index (χ3v) is 2.98. The van der Waals surface area contributed by atoms with Gasteiger partial charge in [0.15, 0.2) is 5.43 Å². The maximum atomic E-state index is 11.9. The second kappa shape index (κ2) is 5.14. The van der Waals surface area contributed by atoms with Crippen LogP contribution in [0.1, 0.15) is 19.9 Å². The minimum atomic E-state index is -0.962. The van der Waals surface area contributed by atoms with E-state index in [1.807, 2.05) is 6.92 Å². The zero-order valence-electron chi connectivity index (χ0n) is 10.8. The van der Waals surface area contributed by atoms with Crippen molar-refractivity contribution in [2.24, 2.45) is 0 Å². The largest absolute Gasteiger partial charge is 0.492 e. The third kappa shape index (κ3) is 2.31. The SMILES string of the molecule is CCOc1cccc2c(=O)ccn(C(C)C(=O)O)c12. The van der Waals surface area contributed by atoms with Crippen molar-refractivity contribution in [2.75, 3.05) is 6.61 Å². The van der Waals surface area contributed by atoms with E-state index in [2.05, 4.69) is 0 Å². The molecule has 100 valence electrons. The monoisotopic (exact) mass is 261 g/mol. The number of carboxylic acid groups (broad SMARTS) is 1. The van der Waals surface area contributed by atoms with Gasteiger partial charge in [-0.1, -0.05) is 6.07 Å². The number of rotatable bonds is 4. The lowest BCUT2D eigenvalue weighted by molar-refractivity contribution is -0.140.